The number of hydrogen-bond donors (Lipinski definition) is 1. The lowest BCUT2D eigenvalue weighted by molar-refractivity contribution is 0.102. The van der Waals surface area contributed by atoms with Gasteiger partial charge in [0.25, 0.3) is 11.3 Å². The fraction of sp³-hybridized carbons (Fsp3) is 0.150. The van der Waals surface area contributed by atoms with Crippen molar-refractivity contribution in [1.82, 2.24) is 24.8 Å². The molecule has 0 saturated carbocycles. The Morgan fingerprint density at radius 1 is 1.13 bits per heavy atom. The fourth-order valence-corrected chi connectivity index (χ4v) is 4.08. The first-order valence-corrected chi connectivity index (χ1v) is 10.7. The van der Waals surface area contributed by atoms with Crippen LogP contribution in [0.15, 0.2) is 52.4 Å². The third-order valence-corrected chi connectivity index (χ3v) is 5.84. The van der Waals surface area contributed by atoms with Gasteiger partial charge in [0.2, 0.25) is 5.16 Å². The number of Topliss-reactive ketones (excluding diaryl/α,β-unsaturated/α-hetero) is 1. The van der Waals surface area contributed by atoms with Crippen molar-refractivity contribution in [1.29, 1.82) is 0 Å². The molecule has 1 N–H and O–H groups in total. The van der Waals surface area contributed by atoms with Gasteiger partial charge in [0.15, 0.2) is 5.78 Å². The van der Waals surface area contributed by atoms with E-state index in [2.05, 4.69) is 20.3 Å². The Bertz CT molecular complexity index is 1300. The molecule has 0 aliphatic heterocycles. The molecule has 10 heteroatoms. The zero-order chi connectivity index (χ0) is 21.3. The fourth-order valence-electron chi connectivity index (χ4n) is 2.80. The molecule has 0 aliphatic carbocycles. The van der Waals surface area contributed by atoms with Crippen LogP contribution in [0.5, 0.6) is 0 Å². The van der Waals surface area contributed by atoms with Crippen molar-refractivity contribution in [2.24, 2.45) is 0 Å². The molecule has 152 valence electrons. The van der Waals surface area contributed by atoms with Crippen molar-refractivity contribution in [3.63, 3.8) is 0 Å². The minimum absolute atomic E-state index is 0.0796. The first-order valence-electron chi connectivity index (χ1n) is 8.92. The lowest BCUT2D eigenvalue weighted by atomic mass is 10.1. The molecule has 2 heterocycles. The normalized spacial score (nSPS) is 11.2. The Hall–Kier alpha value is -2.68. The summed E-state index contributed by atoms with van der Waals surface area (Å²) < 4.78 is 1.44. The van der Waals surface area contributed by atoms with E-state index in [9.17, 15) is 9.59 Å². The van der Waals surface area contributed by atoms with Crippen molar-refractivity contribution in [3.05, 3.63) is 85.2 Å². The van der Waals surface area contributed by atoms with Crippen LogP contribution in [0.4, 0.5) is 0 Å². The number of benzene rings is 2. The van der Waals surface area contributed by atoms with E-state index in [4.69, 9.17) is 23.2 Å². The van der Waals surface area contributed by atoms with Crippen molar-refractivity contribution in [2.45, 2.75) is 18.5 Å². The SMILES string of the molecule is Cc1ccc(Cc2nn3c(SCC(=O)c4ccc(Cl)cc4Cl)nnc3[nH]c2=O)cc1. The molecular formula is C20H15Cl2N5O2S. The number of halogens is 2. The number of nitrogens with one attached hydrogen (secondary N) is 1. The number of carbonyl (C=O) groups is 1. The van der Waals surface area contributed by atoms with Crippen molar-refractivity contribution in [3.8, 4) is 0 Å². The summed E-state index contributed by atoms with van der Waals surface area (Å²) in [6, 6.07) is 12.6. The van der Waals surface area contributed by atoms with E-state index in [1.54, 1.807) is 12.1 Å². The lowest BCUT2D eigenvalue weighted by Crippen LogP contribution is -2.19. The van der Waals surface area contributed by atoms with Gasteiger partial charge in [-0.1, -0.05) is 64.8 Å². The summed E-state index contributed by atoms with van der Waals surface area (Å²) in [6.45, 7) is 2.00. The summed E-state index contributed by atoms with van der Waals surface area (Å²) in [5.41, 5.74) is 2.49. The topological polar surface area (TPSA) is 93.0 Å². The van der Waals surface area contributed by atoms with Gasteiger partial charge in [-0.15, -0.1) is 10.2 Å². The second-order valence-electron chi connectivity index (χ2n) is 6.62. The molecule has 0 saturated heterocycles. The molecule has 0 atom stereocenters. The number of aryl methyl sites for hydroxylation is 1. The molecule has 0 amide bonds. The smallest absolute Gasteiger partial charge is 0.274 e. The Labute approximate surface area is 185 Å². The Kier molecular flexibility index (Phi) is 5.90. The monoisotopic (exact) mass is 459 g/mol. The predicted molar refractivity (Wildman–Crippen MR) is 117 cm³/mol. The van der Waals surface area contributed by atoms with Crippen LogP contribution in [-0.4, -0.2) is 36.3 Å². The average Bonchev–Trinajstić information content (AvgIpc) is 3.09. The minimum Gasteiger partial charge on any atom is -0.293 e. The number of carbonyl (C=O) groups excluding carboxylic acids is 1. The molecule has 4 aromatic rings. The van der Waals surface area contributed by atoms with E-state index >= 15 is 0 Å². The quantitative estimate of drug-likeness (QED) is 0.346. The molecule has 0 unspecified atom stereocenters. The van der Waals surface area contributed by atoms with Gasteiger partial charge in [-0.2, -0.15) is 9.61 Å². The maximum Gasteiger partial charge on any atom is 0.274 e. The van der Waals surface area contributed by atoms with Crippen LogP contribution in [0.25, 0.3) is 5.78 Å². The van der Waals surface area contributed by atoms with Crippen LogP contribution in [0.2, 0.25) is 10.0 Å². The lowest BCUT2D eigenvalue weighted by Gasteiger charge is -2.04. The van der Waals surface area contributed by atoms with Gasteiger partial charge in [0.1, 0.15) is 5.69 Å². The van der Waals surface area contributed by atoms with E-state index < -0.39 is 0 Å². The van der Waals surface area contributed by atoms with Crippen LogP contribution in [-0.2, 0) is 6.42 Å². The van der Waals surface area contributed by atoms with Gasteiger partial charge in [-0.25, -0.2) is 0 Å². The van der Waals surface area contributed by atoms with E-state index in [1.165, 1.54) is 10.6 Å². The second-order valence-corrected chi connectivity index (χ2v) is 8.40. The summed E-state index contributed by atoms with van der Waals surface area (Å²) >= 11 is 13.1. The van der Waals surface area contributed by atoms with Gasteiger partial charge < -0.3 is 0 Å². The minimum atomic E-state index is -0.323. The molecular weight excluding hydrogens is 445 g/mol. The largest absolute Gasteiger partial charge is 0.293 e. The third kappa shape index (κ3) is 4.40. The van der Waals surface area contributed by atoms with Crippen LogP contribution < -0.4 is 5.56 Å². The zero-order valence-electron chi connectivity index (χ0n) is 15.7. The third-order valence-electron chi connectivity index (χ3n) is 4.38. The van der Waals surface area contributed by atoms with Gasteiger partial charge in [0.05, 0.1) is 10.8 Å². The first-order chi connectivity index (χ1) is 14.4. The highest BCUT2D eigenvalue weighted by Crippen LogP contribution is 2.24. The summed E-state index contributed by atoms with van der Waals surface area (Å²) in [4.78, 5) is 27.5. The number of hydrogen-bond acceptors (Lipinski definition) is 6. The molecule has 0 spiro atoms. The average molecular weight is 460 g/mol. The van der Waals surface area contributed by atoms with Gasteiger partial charge in [0, 0.05) is 17.0 Å². The Morgan fingerprint density at radius 2 is 1.90 bits per heavy atom. The highest BCUT2D eigenvalue weighted by molar-refractivity contribution is 7.99. The first kappa shape index (κ1) is 20.6. The summed E-state index contributed by atoms with van der Waals surface area (Å²) in [5, 5.41) is 13.5. The molecule has 7 nitrogen and oxygen atoms in total. The second kappa shape index (κ2) is 8.59. The van der Waals surface area contributed by atoms with E-state index in [0.717, 1.165) is 22.9 Å². The van der Waals surface area contributed by atoms with E-state index in [0.29, 0.717) is 32.9 Å². The van der Waals surface area contributed by atoms with Crippen LogP contribution >= 0.6 is 35.0 Å². The summed E-state index contributed by atoms with van der Waals surface area (Å²) in [7, 11) is 0. The van der Waals surface area contributed by atoms with Crippen LogP contribution in [0.3, 0.4) is 0 Å². The zero-order valence-corrected chi connectivity index (χ0v) is 18.1. The predicted octanol–water partition coefficient (Wildman–Crippen LogP) is 3.99. The molecule has 2 aromatic carbocycles. The number of thioether (sulfide) groups is 1. The molecule has 0 aliphatic rings. The standard InChI is InChI=1S/C20H15Cl2N5O2S/c1-11-2-4-12(5-3-11)8-16-18(29)23-19-24-25-20(27(19)26-16)30-10-17(28)14-7-6-13(21)9-15(14)22/h2-7,9H,8,10H2,1H3,(H,23,24,29). The van der Waals surface area contributed by atoms with E-state index in [1.807, 2.05) is 31.2 Å². The number of aromatic amines is 1. The van der Waals surface area contributed by atoms with Gasteiger partial charge in [-0.05, 0) is 30.7 Å². The molecule has 0 radical (unpaired) electrons. The van der Waals surface area contributed by atoms with Gasteiger partial charge in [-0.3, -0.25) is 14.6 Å². The molecule has 30 heavy (non-hydrogen) atoms. The Morgan fingerprint density at radius 3 is 2.63 bits per heavy atom. The molecule has 0 bridgehead atoms. The Balaban J connectivity index is 1.56. The number of nitrogens with zero attached hydrogens (tertiary/aromatic N) is 4. The number of fused-ring (bicyclic) bond motifs is 1. The van der Waals surface area contributed by atoms with E-state index in [-0.39, 0.29) is 22.9 Å². The van der Waals surface area contributed by atoms with Crippen molar-refractivity contribution < 1.29 is 4.79 Å². The van der Waals surface area contributed by atoms with Crippen molar-refractivity contribution in [2.75, 3.05) is 5.75 Å². The highest BCUT2D eigenvalue weighted by Gasteiger charge is 2.16. The van der Waals surface area contributed by atoms with Crippen LogP contribution in [0.1, 0.15) is 27.2 Å². The summed E-state index contributed by atoms with van der Waals surface area (Å²) in [5.74, 6) is 0.117. The van der Waals surface area contributed by atoms with Gasteiger partial charge >= 0.3 is 0 Å². The number of aromatic nitrogens is 5. The number of ketones is 1. The summed E-state index contributed by atoms with van der Waals surface area (Å²) in [6.07, 6.45) is 0.368. The number of rotatable bonds is 6. The van der Waals surface area contributed by atoms with Crippen molar-refractivity contribution >= 4 is 46.5 Å². The van der Waals surface area contributed by atoms with Crippen LogP contribution in [0, 0.1) is 6.92 Å². The molecule has 4 rings (SSSR count). The molecule has 0 fully saturated rings. The maximum absolute atomic E-state index is 12.5. The maximum atomic E-state index is 12.5. The number of H-pyrrole nitrogens is 1. The molecule has 2 aromatic heterocycles. The highest BCUT2D eigenvalue weighted by atomic mass is 35.5.